The van der Waals surface area contributed by atoms with Crippen LogP contribution in [0.25, 0.3) is 0 Å². The smallest absolute Gasteiger partial charge is 0.369 e. The molecule has 2 unspecified atom stereocenters. The standard InChI is InChI=1S/C17H23N6O5P/c18-17-20-15-14(16(24)21-17)19-10-23(15)11-26-8-9-28-29(25)22-13(6-7-27-29)12-4-2-1-3-5-12/h1-5,13,19H,6-11H2,(H,22,25)(H3,18,20,21,24). The van der Waals surface area contributed by atoms with Crippen molar-refractivity contribution in [1.29, 1.82) is 0 Å². The Balaban J connectivity index is 1.24. The average molecular weight is 422 g/mol. The number of ether oxygens (including phenoxy) is 1. The molecule has 2 aliphatic rings. The van der Waals surface area contributed by atoms with Gasteiger partial charge in [-0.05, 0) is 12.0 Å². The molecule has 0 saturated carbocycles. The number of nitrogens with two attached hydrogens (primary N) is 1. The highest BCUT2D eigenvalue weighted by Gasteiger charge is 2.33. The normalized spacial score (nSPS) is 23.6. The summed E-state index contributed by atoms with van der Waals surface area (Å²) in [4.78, 5) is 20.1. The van der Waals surface area contributed by atoms with E-state index in [1.54, 1.807) is 4.90 Å². The van der Waals surface area contributed by atoms with Gasteiger partial charge in [0.15, 0.2) is 5.82 Å². The lowest BCUT2D eigenvalue weighted by Crippen LogP contribution is -2.29. The van der Waals surface area contributed by atoms with Crippen LogP contribution in [0.2, 0.25) is 0 Å². The molecule has 156 valence electrons. The fourth-order valence-electron chi connectivity index (χ4n) is 3.20. The molecule has 0 aliphatic carbocycles. The van der Waals surface area contributed by atoms with Crippen molar-refractivity contribution in [2.75, 3.05) is 49.2 Å². The zero-order valence-electron chi connectivity index (χ0n) is 15.7. The zero-order chi connectivity index (χ0) is 20.3. The first-order valence-electron chi connectivity index (χ1n) is 9.22. The number of fused-ring (bicyclic) bond motifs is 1. The number of rotatable bonds is 7. The second-order valence-electron chi connectivity index (χ2n) is 6.61. The van der Waals surface area contributed by atoms with E-state index in [9.17, 15) is 9.36 Å². The molecule has 0 radical (unpaired) electrons. The van der Waals surface area contributed by atoms with Crippen LogP contribution < -0.4 is 26.6 Å². The van der Waals surface area contributed by atoms with E-state index in [4.69, 9.17) is 19.5 Å². The quantitative estimate of drug-likeness (QED) is 0.382. The Morgan fingerprint density at radius 1 is 1.31 bits per heavy atom. The largest absolute Gasteiger partial charge is 0.406 e. The van der Waals surface area contributed by atoms with Crippen LogP contribution in [0.15, 0.2) is 35.1 Å². The van der Waals surface area contributed by atoms with E-state index < -0.39 is 7.75 Å². The summed E-state index contributed by atoms with van der Waals surface area (Å²) in [6.45, 7) is 1.17. The number of hydrogen-bond donors (Lipinski definition) is 4. The molecule has 1 aromatic carbocycles. The molecule has 11 nitrogen and oxygen atoms in total. The summed E-state index contributed by atoms with van der Waals surface area (Å²) < 4.78 is 29.2. The van der Waals surface area contributed by atoms with Crippen LogP contribution in [-0.4, -0.2) is 43.2 Å². The van der Waals surface area contributed by atoms with Crippen molar-refractivity contribution in [3.63, 3.8) is 0 Å². The molecule has 29 heavy (non-hydrogen) atoms. The maximum atomic E-state index is 12.8. The van der Waals surface area contributed by atoms with Crippen LogP contribution in [0, 0.1) is 0 Å². The third kappa shape index (κ3) is 4.60. The maximum absolute atomic E-state index is 12.8. The molecular formula is C17H23N6O5P. The fraction of sp³-hybridized carbons (Fsp3) is 0.412. The summed E-state index contributed by atoms with van der Waals surface area (Å²) in [7, 11) is -3.40. The van der Waals surface area contributed by atoms with E-state index in [2.05, 4.69) is 20.4 Å². The van der Waals surface area contributed by atoms with Crippen LogP contribution >= 0.6 is 7.75 Å². The summed E-state index contributed by atoms with van der Waals surface area (Å²) in [6.07, 6.45) is 0.713. The SMILES string of the molecule is Nc1nc2c(c(=O)[nH]1)NCN2COCCOP1(=O)NC(c2ccccc2)CCO1. The van der Waals surface area contributed by atoms with Crippen LogP contribution in [0.3, 0.4) is 0 Å². The summed E-state index contributed by atoms with van der Waals surface area (Å²) >= 11 is 0. The lowest BCUT2D eigenvalue weighted by Gasteiger charge is -2.30. The van der Waals surface area contributed by atoms with E-state index in [0.717, 1.165) is 5.56 Å². The number of aromatic nitrogens is 2. The Kier molecular flexibility index (Phi) is 5.84. The van der Waals surface area contributed by atoms with Gasteiger partial charge >= 0.3 is 7.75 Å². The molecule has 1 saturated heterocycles. The van der Waals surface area contributed by atoms with Gasteiger partial charge in [0.25, 0.3) is 5.56 Å². The number of anilines is 3. The highest BCUT2D eigenvalue weighted by Crippen LogP contribution is 2.49. The van der Waals surface area contributed by atoms with E-state index in [1.165, 1.54) is 0 Å². The van der Waals surface area contributed by atoms with Crippen molar-refractivity contribution in [3.8, 4) is 0 Å². The molecule has 1 fully saturated rings. The highest BCUT2D eigenvalue weighted by molar-refractivity contribution is 7.51. The molecule has 0 bridgehead atoms. The van der Waals surface area contributed by atoms with Crippen molar-refractivity contribution in [1.82, 2.24) is 15.1 Å². The van der Waals surface area contributed by atoms with Gasteiger partial charge in [-0.3, -0.25) is 18.8 Å². The molecule has 2 aromatic rings. The topological polar surface area (TPSA) is 144 Å². The third-order valence-electron chi connectivity index (χ3n) is 4.58. The van der Waals surface area contributed by atoms with Crippen molar-refractivity contribution in [3.05, 3.63) is 46.2 Å². The predicted molar refractivity (Wildman–Crippen MR) is 108 cm³/mol. The molecule has 2 atom stereocenters. The predicted octanol–water partition coefficient (Wildman–Crippen LogP) is 1.39. The van der Waals surface area contributed by atoms with Crippen LogP contribution in [0.4, 0.5) is 17.5 Å². The van der Waals surface area contributed by atoms with E-state index in [0.29, 0.717) is 31.2 Å². The summed E-state index contributed by atoms with van der Waals surface area (Å²) in [5.74, 6) is 0.473. The second kappa shape index (κ2) is 8.52. The first-order chi connectivity index (χ1) is 14.0. The Morgan fingerprint density at radius 2 is 2.14 bits per heavy atom. The molecule has 2 aliphatic heterocycles. The van der Waals surface area contributed by atoms with Gasteiger partial charge in [-0.2, -0.15) is 4.98 Å². The van der Waals surface area contributed by atoms with Crippen LogP contribution in [0.5, 0.6) is 0 Å². The molecule has 5 N–H and O–H groups in total. The first-order valence-corrected chi connectivity index (χ1v) is 10.8. The van der Waals surface area contributed by atoms with Crippen molar-refractivity contribution in [2.24, 2.45) is 0 Å². The van der Waals surface area contributed by atoms with Crippen LogP contribution in [0.1, 0.15) is 18.0 Å². The number of hydrogen-bond acceptors (Lipinski definition) is 9. The van der Waals surface area contributed by atoms with E-state index in [1.807, 2.05) is 30.3 Å². The number of benzene rings is 1. The Bertz CT molecular complexity index is 955. The molecule has 0 amide bonds. The van der Waals surface area contributed by atoms with E-state index >= 15 is 0 Å². The fourth-order valence-corrected chi connectivity index (χ4v) is 4.74. The van der Waals surface area contributed by atoms with Gasteiger partial charge in [-0.15, -0.1) is 0 Å². The number of aromatic amines is 1. The van der Waals surface area contributed by atoms with Gasteiger partial charge < -0.3 is 20.7 Å². The Labute approximate surface area is 167 Å². The minimum atomic E-state index is -3.40. The van der Waals surface area contributed by atoms with Gasteiger partial charge in [0.05, 0.1) is 26.5 Å². The van der Waals surface area contributed by atoms with Crippen molar-refractivity contribution in [2.45, 2.75) is 12.5 Å². The lowest BCUT2D eigenvalue weighted by atomic mass is 10.1. The molecular weight excluding hydrogens is 399 g/mol. The van der Waals surface area contributed by atoms with E-state index in [-0.39, 0.29) is 37.5 Å². The van der Waals surface area contributed by atoms with Gasteiger partial charge in [0.1, 0.15) is 12.4 Å². The minimum absolute atomic E-state index is 0.0392. The summed E-state index contributed by atoms with van der Waals surface area (Å²) in [5.41, 5.74) is 6.65. The summed E-state index contributed by atoms with van der Waals surface area (Å²) in [5, 5.41) is 5.92. The number of nitrogens with one attached hydrogen (secondary N) is 3. The monoisotopic (exact) mass is 422 g/mol. The summed E-state index contributed by atoms with van der Waals surface area (Å²) in [6, 6.07) is 9.68. The number of nitrogens with zero attached hydrogens (tertiary/aromatic N) is 2. The Morgan fingerprint density at radius 3 is 2.97 bits per heavy atom. The number of nitrogen functional groups attached to an aromatic ring is 1. The Hall–Kier alpha value is -2.43. The average Bonchev–Trinajstić information content (AvgIpc) is 3.11. The minimum Gasteiger partial charge on any atom is -0.369 e. The van der Waals surface area contributed by atoms with Gasteiger partial charge in [0.2, 0.25) is 5.95 Å². The van der Waals surface area contributed by atoms with Gasteiger partial charge in [0, 0.05) is 6.04 Å². The number of H-pyrrole nitrogens is 1. The first kappa shape index (κ1) is 19.9. The third-order valence-corrected chi connectivity index (χ3v) is 6.26. The molecule has 4 rings (SSSR count). The molecule has 12 heteroatoms. The molecule has 3 heterocycles. The lowest BCUT2D eigenvalue weighted by molar-refractivity contribution is 0.0841. The van der Waals surface area contributed by atoms with Crippen LogP contribution in [-0.2, 0) is 18.3 Å². The van der Waals surface area contributed by atoms with Gasteiger partial charge in [-0.25, -0.2) is 9.65 Å². The maximum Gasteiger partial charge on any atom is 0.406 e. The zero-order valence-corrected chi connectivity index (χ0v) is 16.6. The van der Waals surface area contributed by atoms with Gasteiger partial charge in [-0.1, -0.05) is 30.3 Å². The molecule has 1 aromatic heterocycles. The van der Waals surface area contributed by atoms with Crippen molar-refractivity contribution >= 4 is 25.2 Å². The highest BCUT2D eigenvalue weighted by atomic mass is 31.2. The van der Waals surface area contributed by atoms with Crippen molar-refractivity contribution < 1.29 is 18.3 Å². The molecule has 0 spiro atoms. The second-order valence-corrected chi connectivity index (χ2v) is 8.38.